The molecule has 3 aromatic carbocycles. The second kappa shape index (κ2) is 14.5. The summed E-state index contributed by atoms with van der Waals surface area (Å²) in [5.41, 5.74) is 3.64. The Morgan fingerprint density at radius 3 is 2.26 bits per heavy atom. The average molecular weight is 592 g/mol. The molecule has 1 atom stereocenters. The maximum Gasteiger partial charge on any atom is 0.310 e. The zero-order valence-electron chi connectivity index (χ0n) is 26.6. The molecule has 0 saturated heterocycles. The van der Waals surface area contributed by atoms with Crippen LogP contribution in [0.25, 0.3) is 0 Å². The van der Waals surface area contributed by atoms with Gasteiger partial charge >= 0.3 is 5.97 Å². The van der Waals surface area contributed by atoms with E-state index in [0.29, 0.717) is 31.1 Å². The number of ether oxygens (including phenoxy) is 2. The summed E-state index contributed by atoms with van der Waals surface area (Å²) in [6.45, 7) is 18.3. The van der Waals surface area contributed by atoms with Crippen LogP contribution in [0.5, 0.6) is 11.5 Å². The molecule has 0 heterocycles. The van der Waals surface area contributed by atoms with E-state index in [1.807, 2.05) is 60.7 Å². The van der Waals surface area contributed by atoms with Crippen LogP contribution in [-0.4, -0.2) is 31.5 Å². The van der Waals surface area contributed by atoms with E-state index in [9.17, 15) is 9.90 Å². The lowest BCUT2D eigenvalue weighted by Gasteiger charge is -2.40. The van der Waals surface area contributed by atoms with E-state index >= 15 is 0 Å². The second-order valence-electron chi connectivity index (χ2n) is 13.1. The van der Waals surface area contributed by atoms with Crippen molar-refractivity contribution in [2.24, 2.45) is 0 Å². The Morgan fingerprint density at radius 1 is 0.929 bits per heavy atom. The van der Waals surface area contributed by atoms with Crippen LogP contribution in [-0.2, 0) is 28.9 Å². The molecule has 2 N–H and O–H groups in total. The smallest absolute Gasteiger partial charge is 0.310 e. The number of esters is 1. The average Bonchev–Trinajstić information content (AvgIpc) is 2.94. The van der Waals surface area contributed by atoms with E-state index in [2.05, 4.69) is 65.2 Å². The molecule has 0 amide bonds. The van der Waals surface area contributed by atoms with Crippen LogP contribution in [0.1, 0.15) is 76.3 Å². The first kappa shape index (κ1) is 33.5. The molecule has 0 radical (unpaired) electrons. The van der Waals surface area contributed by atoms with Gasteiger partial charge in [0.05, 0.1) is 12.7 Å². The number of hydrogen-bond donors (Lipinski definition) is 2. The van der Waals surface area contributed by atoms with E-state index < -0.39 is 8.32 Å². The first-order valence-corrected chi connectivity index (χ1v) is 17.8. The van der Waals surface area contributed by atoms with Crippen molar-refractivity contribution in [1.29, 1.82) is 0 Å². The van der Waals surface area contributed by atoms with Gasteiger partial charge in [-0.2, -0.15) is 0 Å². The number of carbonyl (C=O) groups excluding carboxylic acids is 1. The zero-order valence-corrected chi connectivity index (χ0v) is 27.6. The van der Waals surface area contributed by atoms with Crippen molar-refractivity contribution in [2.75, 3.05) is 6.54 Å². The Kier molecular flexibility index (Phi) is 11.6. The Morgan fingerprint density at radius 2 is 1.62 bits per heavy atom. The number of nitrogens with one attached hydrogen (secondary N) is 1. The van der Waals surface area contributed by atoms with Gasteiger partial charge in [0.1, 0.15) is 18.1 Å². The van der Waals surface area contributed by atoms with Crippen molar-refractivity contribution in [3.05, 3.63) is 95.1 Å². The summed E-state index contributed by atoms with van der Waals surface area (Å²) < 4.78 is 18.5. The van der Waals surface area contributed by atoms with Gasteiger partial charge < -0.3 is 24.3 Å². The molecule has 7 heteroatoms. The number of aliphatic hydroxyl groups is 1. The van der Waals surface area contributed by atoms with E-state index in [1.165, 1.54) is 0 Å². The molecule has 3 aromatic rings. The predicted molar refractivity (Wildman–Crippen MR) is 172 cm³/mol. The lowest BCUT2D eigenvalue weighted by Crippen LogP contribution is -2.47. The van der Waals surface area contributed by atoms with Crippen LogP contribution < -0.4 is 14.8 Å². The Bertz CT molecular complexity index is 1300. The Labute approximate surface area is 253 Å². The van der Waals surface area contributed by atoms with Crippen LogP contribution >= 0.6 is 0 Å². The summed E-state index contributed by atoms with van der Waals surface area (Å²) in [6.07, 6.45) is 0.867. The predicted octanol–water partition coefficient (Wildman–Crippen LogP) is 7.75. The molecule has 0 bridgehead atoms. The first-order chi connectivity index (χ1) is 19.7. The van der Waals surface area contributed by atoms with Gasteiger partial charge in [-0.05, 0) is 79.4 Å². The molecule has 228 valence electrons. The maximum absolute atomic E-state index is 11.8. The van der Waals surface area contributed by atoms with E-state index in [-0.39, 0.29) is 29.3 Å². The number of carbonyl (C=O) groups is 1. The highest BCUT2D eigenvalue weighted by Gasteiger charge is 2.40. The third-order valence-electron chi connectivity index (χ3n) is 7.94. The van der Waals surface area contributed by atoms with E-state index in [4.69, 9.17) is 13.9 Å². The fraction of sp³-hybridized carbons (Fsp3) is 0.457. The molecule has 6 nitrogen and oxygen atoms in total. The van der Waals surface area contributed by atoms with E-state index in [0.717, 1.165) is 28.7 Å². The molecule has 0 aliphatic carbocycles. The lowest BCUT2D eigenvalue weighted by atomic mass is 9.94. The first-order valence-electron chi connectivity index (χ1n) is 14.9. The third-order valence-corrected chi connectivity index (χ3v) is 12.4. The van der Waals surface area contributed by atoms with E-state index in [1.54, 1.807) is 6.92 Å². The largest absolute Gasteiger partial charge is 0.489 e. The summed E-state index contributed by atoms with van der Waals surface area (Å²) >= 11 is 0. The fourth-order valence-electron chi connectivity index (χ4n) is 4.42. The van der Waals surface area contributed by atoms with Crippen LogP contribution in [0.15, 0.2) is 72.8 Å². The van der Waals surface area contributed by atoms with Crippen LogP contribution in [0.3, 0.4) is 0 Å². The lowest BCUT2D eigenvalue weighted by molar-refractivity contribution is -0.134. The molecule has 0 unspecified atom stereocenters. The molecule has 0 fully saturated rings. The molecule has 0 saturated carbocycles. The molecular formula is C35H49NO5Si. The van der Waals surface area contributed by atoms with Gasteiger partial charge in [0.25, 0.3) is 0 Å². The molecule has 42 heavy (non-hydrogen) atoms. The molecule has 0 aromatic heterocycles. The van der Waals surface area contributed by atoms with Gasteiger partial charge in [0.2, 0.25) is 0 Å². The van der Waals surface area contributed by atoms with Gasteiger partial charge in [0.15, 0.2) is 8.32 Å². The quantitative estimate of drug-likeness (QED) is 0.113. The standard InChI is InChI=1S/C35H49NO5Si/c1-9-33(38)40-30-17-13-16-27(20-30)22-35(5,6)36-23-32(41-42(7,8)34(2,3)4)28-18-19-31(29(21-28)24-37)39-25-26-14-11-10-12-15-26/h10-21,32,36-37H,9,22-25H2,1-8H3/t32-/m0/s1. The normalized spacial score (nSPS) is 13.1. The van der Waals surface area contributed by atoms with Crippen molar-refractivity contribution in [1.82, 2.24) is 5.32 Å². The summed E-state index contributed by atoms with van der Waals surface area (Å²) in [7, 11) is -2.13. The number of hydrogen-bond acceptors (Lipinski definition) is 6. The van der Waals surface area contributed by atoms with Crippen molar-refractivity contribution >= 4 is 14.3 Å². The van der Waals surface area contributed by atoms with Crippen molar-refractivity contribution < 1.29 is 23.8 Å². The molecule has 0 aliphatic heterocycles. The zero-order chi connectivity index (χ0) is 31.0. The fourth-order valence-corrected chi connectivity index (χ4v) is 5.71. The van der Waals surface area contributed by atoms with Gasteiger partial charge in [0, 0.05) is 24.1 Å². The van der Waals surface area contributed by atoms with Crippen LogP contribution in [0, 0.1) is 0 Å². The van der Waals surface area contributed by atoms with Crippen molar-refractivity contribution in [3.63, 3.8) is 0 Å². The summed E-state index contributed by atoms with van der Waals surface area (Å²) in [5, 5.41) is 14.0. The highest BCUT2D eigenvalue weighted by molar-refractivity contribution is 6.74. The summed E-state index contributed by atoms with van der Waals surface area (Å²) in [5.74, 6) is 1.00. The van der Waals surface area contributed by atoms with Gasteiger partial charge in [-0.3, -0.25) is 4.79 Å². The van der Waals surface area contributed by atoms with Gasteiger partial charge in [-0.15, -0.1) is 0 Å². The minimum absolute atomic E-state index is 0.0374. The van der Waals surface area contributed by atoms with Crippen LogP contribution in [0.2, 0.25) is 18.1 Å². The number of benzene rings is 3. The van der Waals surface area contributed by atoms with Crippen LogP contribution in [0.4, 0.5) is 0 Å². The minimum Gasteiger partial charge on any atom is -0.489 e. The summed E-state index contributed by atoms with van der Waals surface area (Å²) in [4.78, 5) is 11.8. The molecular weight excluding hydrogens is 542 g/mol. The SMILES string of the molecule is CCC(=O)Oc1cccc(CC(C)(C)NC[C@H](O[Si](C)(C)C(C)(C)C)c2ccc(OCc3ccccc3)c(CO)c2)c1. The third kappa shape index (κ3) is 9.80. The topological polar surface area (TPSA) is 77.0 Å². The molecule has 0 spiro atoms. The Hall–Kier alpha value is -2.97. The highest BCUT2D eigenvalue weighted by atomic mass is 28.4. The van der Waals surface area contributed by atoms with Crippen molar-refractivity contribution in [3.8, 4) is 11.5 Å². The van der Waals surface area contributed by atoms with Gasteiger partial charge in [-0.25, -0.2) is 0 Å². The minimum atomic E-state index is -2.13. The number of rotatable bonds is 14. The highest BCUT2D eigenvalue weighted by Crippen LogP contribution is 2.40. The maximum atomic E-state index is 11.8. The number of aliphatic hydroxyl groups excluding tert-OH is 1. The molecule has 0 aliphatic rings. The second-order valence-corrected chi connectivity index (χ2v) is 17.8. The monoisotopic (exact) mass is 591 g/mol. The Balaban J connectivity index is 1.80. The molecule has 3 rings (SSSR count). The van der Waals surface area contributed by atoms with Crippen molar-refractivity contribution in [2.45, 2.75) is 97.4 Å². The summed E-state index contributed by atoms with van der Waals surface area (Å²) in [6, 6.07) is 23.7. The van der Waals surface area contributed by atoms with Gasteiger partial charge in [-0.1, -0.05) is 76.2 Å².